The lowest BCUT2D eigenvalue weighted by atomic mass is 9.67. The number of nitrogen functional groups attached to an aromatic ring is 1. The summed E-state index contributed by atoms with van der Waals surface area (Å²) in [5, 5.41) is 0. The number of anilines is 2. The van der Waals surface area contributed by atoms with Crippen molar-refractivity contribution in [2.24, 2.45) is 0 Å². The van der Waals surface area contributed by atoms with Gasteiger partial charge >= 0.3 is 0 Å². The SMILES string of the molecule is Nc1nccnc1N1CCN(CCC(c2ccccc2)(c2ccccc2)c2ccccc2)CC1. The number of piperazine rings is 1. The van der Waals surface area contributed by atoms with Gasteiger partial charge in [-0.1, -0.05) is 91.0 Å². The fraction of sp³-hybridized carbons (Fsp3) is 0.241. The predicted octanol–water partition coefficient (Wildman–Crippen LogP) is 4.61. The van der Waals surface area contributed by atoms with Gasteiger partial charge < -0.3 is 10.6 Å². The van der Waals surface area contributed by atoms with Crippen LogP contribution >= 0.6 is 0 Å². The van der Waals surface area contributed by atoms with Crippen LogP contribution in [-0.2, 0) is 5.41 Å². The van der Waals surface area contributed by atoms with E-state index in [1.165, 1.54) is 16.7 Å². The first kappa shape index (κ1) is 22.1. The van der Waals surface area contributed by atoms with E-state index in [0.717, 1.165) is 45.0 Å². The minimum atomic E-state index is -0.212. The molecule has 1 aliphatic heterocycles. The van der Waals surface area contributed by atoms with Crippen LogP contribution in [0.3, 0.4) is 0 Å². The van der Waals surface area contributed by atoms with Gasteiger partial charge in [-0.25, -0.2) is 9.97 Å². The molecule has 1 saturated heterocycles. The maximum Gasteiger partial charge on any atom is 0.171 e. The van der Waals surface area contributed by atoms with Crippen molar-refractivity contribution in [3.63, 3.8) is 0 Å². The lowest BCUT2D eigenvalue weighted by Crippen LogP contribution is -2.48. The number of nitrogens with zero attached hydrogens (tertiary/aromatic N) is 4. The quantitative estimate of drug-likeness (QED) is 0.418. The Labute approximate surface area is 201 Å². The lowest BCUT2D eigenvalue weighted by molar-refractivity contribution is 0.242. The van der Waals surface area contributed by atoms with E-state index in [4.69, 9.17) is 5.73 Å². The predicted molar refractivity (Wildman–Crippen MR) is 139 cm³/mol. The summed E-state index contributed by atoms with van der Waals surface area (Å²) < 4.78 is 0. The molecular weight excluding hydrogens is 418 g/mol. The third-order valence-electron chi connectivity index (χ3n) is 6.98. The van der Waals surface area contributed by atoms with Crippen molar-refractivity contribution >= 4 is 11.6 Å². The van der Waals surface area contributed by atoms with E-state index in [2.05, 4.69) is 111 Å². The Kier molecular flexibility index (Phi) is 6.54. The summed E-state index contributed by atoms with van der Waals surface area (Å²) in [4.78, 5) is 13.5. The Balaban J connectivity index is 1.42. The van der Waals surface area contributed by atoms with E-state index in [0.29, 0.717) is 5.82 Å². The van der Waals surface area contributed by atoms with Crippen LogP contribution in [0.1, 0.15) is 23.1 Å². The Bertz CT molecular complexity index is 1080. The van der Waals surface area contributed by atoms with Gasteiger partial charge in [0.2, 0.25) is 0 Å². The molecule has 1 fully saturated rings. The molecule has 3 aromatic carbocycles. The number of benzene rings is 3. The Morgan fingerprint density at radius 1 is 0.647 bits per heavy atom. The molecule has 5 heteroatoms. The monoisotopic (exact) mass is 449 g/mol. The van der Waals surface area contributed by atoms with Crippen LogP contribution in [0.15, 0.2) is 103 Å². The second-order valence-electron chi connectivity index (χ2n) is 8.85. The van der Waals surface area contributed by atoms with Gasteiger partial charge in [0.25, 0.3) is 0 Å². The molecule has 0 saturated carbocycles. The first-order chi connectivity index (χ1) is 16.8. The molecule has 4 aromatic rings. The number of aromatic nitrogens is 2. The van der Waals surface area contributed by atoms with E-state index in [-0.39, 0.29) is 5.41 Å². The van der Waals surface area contributed by atoms with E-state index < -0.39 is 0 Å². The van der Waals surface area contributed by atoms with Crippen molar-refractivity contribution in [1.82, 2.24) is 14.9 Å². The summed E-state index contributed by atoms with van der Waals surface area (Å²) >= 11 is 0. The van der Waals surface area contributed by atoms with Gasteiger partial charge in [-0.3, -0.25) is 4.90 Å². The van der Waals surface area contributed by atoms with Crippen LogP contribution in [-0.4, -0.2) is 47.6 Å². The molecule has 5 rings (SSSR count). The van der Waals surface area contributed by atoms with Crippen molar-refractivity contribution in [2.75, 3.05) is 43.4 Å². The van der Waals surface area contributed by atoms with Crippen molar-refractivity contribution < 1.29 is 0 Å². The fourth-order valence-corrected chi connectivity index (χ4v) is 5.20. The van der Waals surface area contributed by atoms with E-state index in [9.17, 15) is 0 Å². The molecule has 5 nitrogen and oxygen atoms in total. The van der Waals surface area contributed by atoms with Crippen molar-refractivity contribution in [1.29, 1.82) is 0 Å². The van der Waals surface area contributed by atoms with Crippen LogP contribution in [0.4, 0.5) is 11.6 Å². The number of hydrogen-bond donors (Lipinski definition) is 1. The van der Waals surface area contributed by atoms with Gasteiger partial charge in [0.1, 0.15) is 0 Å². The molecule has 34 heavy (non-hydrogen) atoms. The zero-order valence-corrected chi connectivity index (χ0v) is 19.4. The first-order valence-electron chi connectivity index (χ1n) is 12.0. The normalized spacial score (nSPS) is 14.8. The molecule has 0 unspecified atom stereocenters. The topological polar surface area (TPSA) is 58.3 Å². The average Bonchev–Trinajstić information content (AvgIpc) is 2.92. The number of nitrogens with two attached hydrogens (primary N) is 1. The Hall–Kier alpha value is -3.70. The summed E-state index contributed by atoms with van der Waals surface area (Å²) in [6, 6.07) is 32.8. The van der Waals surface area contributed by atoms with Crippen molar-refractivity contribution in [3.05, 3.63) is 120 Å². The highest BCUT2D eigenvalue weighted by Crippen LogP contribution is 2.42. The van der Waals surface area contributed by atoms with Crippen molar-refractivity contribution in [3.8, 4) is 0 Å². The van der Waals surface area contributed by atoms with Gasteiger partial charge in [-0.15, -0.1) is 0 Å². The molecule has 1 aliphatic rings. The molecule has 2 N–H and O–H groups in total. The average molecular weight is 450 g/mol. The summed E-state index contributed by atoms with van der Waals surface area (Å²) in [7, 11) is 0. The van der Waals surface area contributed by atoms with E-state index >= 15 is 0 Å². The van der Waals surface area contributed by atoms with Crippen LogP contribution in [0.2, 0.25) is 0 Å². The summed E-state index contributed by atoms with van der Waals surface area (Å²) in [5.74, 6) is 1.31. The van der Waals surface area contributed by atoms with Gasteiger partial charge in [0.15, 0.2) is 11.6 Å². The Morgan fingerprint density at radius 3 is 1.59 bits per heavy atom. The number of rotatable bonds is 7. The number of hydrogen-bond acceptors (Lipinski definition) is 5. The van der Waals surface area contributed by atoms with Gasteiger partial charge in [0.05, 0.1) is 0 Å². The molecule has 2 heterocycles. The summed E-state index contributed by atoms with van der Waals surface area (Å²) in [5.41, 5.74) is 9.85. The van der Waals surface area contributed by atoms with E-state index in [1.807, 2.05) is 0 Å². The molecule has 0 amide bonds. The maximum absolute atomic E-state index is 6.07. The second-order valence-corrected chi connectivity index (χ2v) is 8.85. The van der Waals surface area contributed by atoms with Gasteiger partial charge in [0, 0.05) is 44.0 Å². The molecular formula is C29H31N5. The molecule has 1 aromatic heterocycles. The highest BCUT2D eigenvalue weighted by molar-refractivity contribution is 5.57. The van der Waals surface area contributed by atoms with E-state index in [1.54, 1.807) is 12.4 Å². The van der Waals surface area contributed by atoms with Crippen molar-refractivity contribution in [2.45, 2.75) is 11.8 Å². The van der Waals surface area contributed by atoms with Crippen LogP contribution in [0.5, 0.6) is 0 Å². The van der Waals surface area contributed by atoms with Gasteiger partial charge in [-0.2, -0.15) is 0 Å². The fourth-order valence-electron chi connectivity index (χ4n) is 5.20. The first-order valence-corrected chi connectivity index (χ1v) is 12.0. The molecule has 0 aliphatic carbocycles. The summed E-state index contributed by atoms with van der Waals surface area (Å²) in [6.45, 7) is 4.76. The highest BCUT2D eigenvalue weighted by atomic mass is 15.3. The van der Waals surface area contributed by atoms with Crippen LogP contribution in [0.25, 0.3) is 0 Å². The third-order valence-corrected chi connectivity index (χ3v) is 6.98. The third kappa shape index (κ3) is 4.39. The second kappa shape index (κ2) is 10.1. The van der Waals surface area contributed by atoms with Gasteiger partial charge in [-0.05, 0) is 29.7 Å². The molecule has 0 spiro atoms. The largest absolute Gasteiger partial charge is 0.381 e. The highest BCUT2D eigenvalue weighted by Gasteiger charge is 2.36. The molecule has 0 bridgehead atoms. The zero-order valence-electron chi connectivity index (χ0n) is 19.4. The molecule has 172 valence electrons. The molecule has 0 atom stereocenters. The van der Waals surface area contributed by atoms with Crippen LogP contribution < -0.4 is 10.6 Å². The van der Waals surface area contributed by atoms with Crippen LogP contribution in [0, 0.1) is 0 Å². The minimum absolute atomic E-state index is 0.212. The maximum atomic E-state index is 6.07. The Morgan fingerprint density at radius 2 is 1.12 bits per heavy atom. The smallest absolute Gasteiger partial charge is 0.171 e. The molecule has 0 radical (unpaired) electrons. The lowest BCUT2D eigenvalue weighted by Gasteiger charge is -2.40. The minimum Gasteiger partial charge on any atom is -0.381 e. The standard InChI is InChI=1S/C29H31N5/c30-27-28(32-18-17-31-27)34-22-20-33(21-23-34)19-16-29(24-10-4-1-5-11-24,25-12-6-2-7-13-25)26-14-8-3-9-15-26/h1-15,17-18H,16,19-23H2,(H2,30,31). The zero-order chi connectivity index (χ0) is 23.2. The summed E-state index contributed by atoms with van der Waals surface area (Å²) in [6.07, 6.45) is 4.36.